The van der Waals surface area contributed by atoms with E-state index in [0.717, 1.165) is 0 Å². The van der Waals surface area contributed by atoms with Crippen LogP contribution in [0.5, 0.6) is 0 Å². The fourth-order valence-corrected chi connectivity index (χ4v) is 2.24. The number of oxime groups is 1. The van der Waals surface area contributed by atoms with Crippen LogP contribution >= 0.6 is 11.6 Å². The van der Waals surface area contributed by atoms with Crippen molar-refractivity contribution >= 4 is 35.0 Å². The van der Waals surface area contributed by atoms with Crippen molar-refractivity contribution < 1.29 is 19.0 Å². The predicted octanol–water partition coefficient (Wildman–Crippen LogP) is 3.82. The van der Waals surface area contributed by atoms with Crippen LogP contribution in [0.1, 0.15) is 12.7 Å². The SMILES string of the molecule is CC1=NOC(=O)/C1=C\c1ccc(-c2ccc(Cl)c([N+](=O)[O-])c2)o1. The van der Waals surface area contributed by atoms with Crippen LogP contribution in [0.2, 0.25) is 5.02 Å². The molecule has 0 atom stereocenters. The van der Waals surface area contributed by atoms with Crippen molar-refractivity contribution in [2.45, 2.75) is 6.92 Å². The highest BCUT2D eigenvalue weighted by Gasteiger charge is 2.22. The van der Waals surface area contributed by atoms with Gasteiger partial charge < -0.3 is 9.25 Å². The first-order valence-electron chi connectivity index (χ1n) is 6.48. The van der Waals surface area contributed by atoms with E-state index in [0.29, 0.717) is 28.4 Å². The van der Waals surface area contributed by atoms with Gasteiger partial charge in [0, 0.05) is 11.6 Å². The summed E-state index contributed by atoms with van der Waals surface area (Å²) in [5, 5.41) is 14.5. The van der Waals surface area contributed by atoms with Gasteiger partial charge in [-0.3, -0.25) is 10.1 Å². The van der Waals surface area contributed by atoms with Crippen molar-refractivity contribution in [1.29, 1.82) is 0 Å². The highest BCUT2D eigenvalue weighted by atomic mass is 35.5. The fraction of sp³-hybridized carbons (Fsp3) is 0.0667. The average molecular weight is 333 g/mol. The molecule has 1 aromatic heterocycles. The Kier molecular flexibility index (Phi) is 3.71. The van der Waals surface area contributed by atoms with Gasteiger partial charge in [-0.25, -0.2) is 4.79 Å². The molecule has 0 bridgehead atoms. The molecule has 0 aliphatic carbocycles. The number of carbonyl (C=O) groups is 1. The van der Waals surface area contributed by atoms with E-state index >= 15 is 0 Å². The molecule has 2 aromatic rings. The normalized spacial score (nSPS) is 15.7. The second kappa shape index (κ2) is 5.69. The first-order chi connectivity index (χ1) is 11.0. The first-order valence-corrected chi connectivity index (χ1v) is 6.85. The van der Waals surface area contributed by atoms with Crippen LogP contribution in [0.4, 0.5) is 5.69 Å². The van der Waals surface area contributed by atoms with Gasteiger partial charge in [0.2, 0.25) is 0 Å². The van der Waals surface area contributed by atoms with Gasteiger partial charge in [0.1, 0.15) is 16.5 Å². The van der Waals surface area contributed by atoms with Crippen molar-refractivity contribution in [3.8, 4) is 11.3 Å². The van der Waals surface area contributed by atoms with Crippen molar-refractivity contribution in [3.05, 3.63) is 56.8 Å². The van der Waals surface area contributed by atoms with Crippen molar-refractivity contribution in [2.75, 3.05) is 0 Å². The lowest BCUT2D eigenvalue weighted by Gasteiger charge is -1.99. The lowest BCUT2D eigenvalue weighted by molar-refractivity contribution is -0.384. The third kappa shape index (κ3) is 2.86. The maximum atomic E-state index is 11.5. The van der Waals surface area contributed by atoms with Crippen LogP contribution in [0, 0.1) is 10.1 Å². The third-order valence-electron chi connectivity index (χ3n) is 3.22. The molecule has 1 aromatic carbocycles. The number of carbonyl (C=O) groups excluding carboxylic acids is 1. The van der Waals surface area contributed by atoms with Crippen LogP contribution in [-0.2, 0) is 9.63 Å². The Balaban J connectivity index is 1.95. The van der Waals surface area contributed by atoms with Gasteiger partial charge in [-0.05, 0) is 37.3 Å². The second-order valence-corrected chi connectivity index (χ2v) is 5.15. The zero-order valence-electron chi connectivity index (χ0n) is 11.8. The summed E-state index contributed by atoms with van der Waals surface area (Å²) in [4.78, 5) is 26.4. The van der Waals surface area contributed by atoms with Crippen molar-refractivity contribution in [3.63, 3.8) is 0 Å². The Morgan fingerprint density at radius 3 is 2.74 bits per heavy atom. The lowest BCUT2D eigenvalue weighted by Crippen LogP contribution is -2.01. The molecule has 0 fully saturated rings. The van der Waals surface area contributed by atoms with E-state index in [1.54, 1.807) is 25.1 Å². The van der Waals surface area contributed by atoms with Crippen LogP contribution in [0.25, 0.3) is 17.4 Å². The topological polar surface area (TPSA) is 94.9 Å². The lowest BCUT2D eigenvalue weighted by atomic mass is 10.1. The van der Waals surface area contributed by atoms with Gasteiger partial charge in [0.15, 0.2) is 0 Å². The first kappa shape index (κ1) is 15.0. The smallest absolute Gasteiger partial charge is 0.367 e. The molecule has 2 heterocycles. The molecule has 0 saturated heterocycles. The van der Waals surface area contributed by atoms with E-state index < -0.39 is 10.9 Å². The fourth-order valence-electron chi connectivity index (χ4n) is 2.05. The molecule has 0 N–H and O–H groups in total. The Hall–Kier alpha value is -2.93. The summed E-state index contributed by atoms with van der Waals surface area (Å²) < 4.78 is 5.60. The molecule has 0 amide bonds. The van der Waals surface area contributed by atoms with Crippen LogP contribution in [-0.4, -0.2) is 16.6 Å². The van der Waals surface area contributed by atoms with E-state index in [9.17, 15) is 14.9 Å². The molecule has 23 heavy (non-hydrogen) atoms. The quantitative estimate of drug-likeness (QED) is 0.368. The summed E-state index contributed by atoms with van der Waals surface area (Å²) in [5.74, 6) is 0.265. The van der Waals surface area contributed by atoms with Crippen molar-refractivity contribution in [1.82, 2.24) is 0 Å². The molecule has 116 valence electrons. The summed E-state index contributed by atoms with van der Waals surface area (Å²) in [6.45, 7) is 1.64. The van der Waals surface area contributed by atoms with Crippen molar-refractivity contribution in [2.24, 2.45) is 5.16 Å². The molecule has 0 spiro atoms. The number of rotatable bonds is 3. The minimum absolute atomic E-state index is 0.0492. The van der Waals surface area contributed by atoms with Gasteiger partial charge in [-0.2, -0.15) is 0 Å². The maximum absolute atomic E-state index is 11.5. The zero-order chi connectivity index (χ0) is 16.6. The summed E-state index contributed by atoms with van der Waals surface area (Å²) in [5.41, 5.74) is 1.05. The second-order valence-electron chi connectivity index (χ2n) is 4.74. The molecule has 1 aliphatic heterocycles. The van der Waals surface area contributed by atoms with E-state index in [1.165, 1.54) is 18.2 Å². The Bertz CT molecular complexity index is 882. The summed E-state index contributed by atoms with van der Waals surface area (Å²) in [6, 6.07) is 7.66. The van der Waals surface area contributed by atoms with Gasteiger partial charge in [-0.1, -0.05) is 16.8 Å². The number of benzene rings is 1. The van der Waals surface area contributed by atoms with Crippen LogP contribution < -0.4 is 0 Å². The largest absolute Gasteiger partial charge is 0.457 e. The molecule has 8 heteroatoms. The Morgan fingerprint density at radius 1 is 1.30 bits per heavy atom. The van der Waals surface area contributed by atoms with E-state index in [2.05, 4.69) is 9.99 Å². The number of furan rings is 1. The van der Waals surface area contributed by atoms with Gasteiger partial charge in [0.05, 0.1) is 16.2 Å². The number of nitrogens with zero attached hydrogens (tertiary/aromatic N) is 2. The summed E-state index contributed by atoms with van der Waals surface area (Å²) in [7, 11) is 0. The van der Waals surface area contributed by atoms with Gasteiger partial charge in [-0.15, -0.1) is 0 Å². The molecule has 0 radical (unpaired) electrons. The molecular weight excluding hydrogens is 324 g/mol. The molecule has 1 aliphatic rings. The molecule has 3 rings (SSSR count). The van der Waals surface area contributed by atoms with E-state index in [1.807, 2.05) is 0 Å². The highest BCUT2D eigenvalue weighted by molar-refractivity contribution is 6.32. The standard InChI is InChI=1S/C15H9ClN2O5/c1-8-11(15(19)23-17-8)7-10-3-5-14(22-10)9-2-4-12(16)13(6-9)18(20)21/h2-7H,1H3/b11-7-. The molecule has 0 unspecified atom stereocenters. The minimum atomic E-state index is -0.563. The van der Waals surface area contributed by atoms with Crippen LogP contribution in [0.15, 0.2) is 45.5 Å². The summed E-state index contributed by atoms with van der Waals surface area (Å²) >= 11 is 5.78. The summed E-state index contributed by atoms with van der Waals surface area (Å²) in [6.07, 6.45) is 1.50. The number of hydrogen-bond donors (Lipinski definition) is 0. The highest BCUT2D eigenvalue weighted by Crippen LogP contribution is 2.31. The molecule has 0 saturated carbocycles. The van der Waals surface area contributed by atoms with Crippen LogP contribution in [0.3, 0.4) is 0 Å². The third-order valence-corrected chi connectivity index (χ3v) is 3.54. The van der Waals surface area contributed by atoms with E-state index in [-0.39, 0.29) is 10.7 Å². The van der Waals surface area contributed by atoms with E-state index in [4.69, 9.17) is 16.0 Å². The Morgan fingerprint density at radius 2 is 2.09 bits per heavy atom. The molecule has 7 nitrogen and oxygen atoms in total. The maximum Gasteiger partial charge on any atom is 0.367 e. The number of nitro benzene ring substituents is 1. The van der Waals surface area contributed by atoms with Gasteiger partial charge >= 0.3 is 5.97 Å². The number of hydrogen-bond acceptors (Lipinski definition) is 6. The number of halogens is 1. The monoisotopic (exact) mass is 332 g/mol. The minimum Gasteiger partial charge on any atom is -0.457 e. The number of nitro groups is 1. The Labute approximate surface area is 134 Å². The van der Waals surface area contributed by atoms with Gasteiger partial charge in [0.25, 0.3) is 5.69 Å². The molecular formula is C15H9ClN2O5. The predicted molar refractivity (Wildman–Crippen MR) is 83.0 cm³/mol. The zero-order valence-corrected chi connectivity index (χ0v) is 12.5. The average Bonchev–Trinajstić information content (AvgIpc) is 3.10.